The normalized spacial score (nSPS) is 35.2. The maximum Gasteiger partial charge on any atom is 0.0808 e. The fourth-order valence-electron chi connectivity index (χ4n) is 3.13. The van der Waals surface area contributed by atoms with E-state index < -0.39 is 0 Å². The van der Waals surface area contributed by atoms with Gasteiger partial charge in [0, 0.05) is 13.2 Å². The van der Waals surface area contributed by atoms with Crippen LogP contribution < -0.4 is 5.32 Å². The van der Waals surface area contributed by atoms with Crippen molar-refractivity contribution in [2.75, 3.05) is 20.2 Å². The average molecular weight is 225 g/mol. The van der Waals surface area contributed by atoms with E-state index in [-0.39, 0.29) is 5.60 Å². The first-order chi connectivity index (χ1) is 7.74. The van der Waals surface area contributed by atoms with Gasteiger partial charge in [0.1, 0.15) is 0 Å². The van der Waals surface area contributed by atoms with Gasteiger partial charge in [0.15, 0.2) is 0 Å². The smallest absolute Gasteiger partial charge is 0.0808 e. The minimum Gasteiger partial charge on any atom is -0.374 e. The molecular formula is C14H27NO. The zero-order valence-electron chi connectivity index (χ0n) is 10.9. The summed E-state index contributed by atoms with van der Waals surface area (Å²) in [5.74, 6) is 1.83. The Morgan fingerprint density at radius 2 is 2.12 bits per heavy atom. The predicted octanol–water partition coefficient (Wildman–Crippen LogP) is 2.97. The molecule has 2 atom stereocenters. The van der Waals surface area contributed by atoms with Gasteiger partial charge in [0.25, 0.3) is 0 Å². The quantitative estimate of drug-likeness (QED) is 0.750. The lowest BCUT2D eigenvalue weighted by atomic mass is 9.78. The topological polar surface area (TPSA) is 21.3 Å². The van der Waals surface area contributed by atoms with Crippen molar-refractivity contribution in [3.63, 3.8) is 0 Å². The first-order valence-electron chi connectivity index (χ1n) is 7.03. The van der Waals surface area contributed by atoms with E-state index in [0.29, 0.717) is 0 Å². The number of rotatable bonds is 6. The van der Waals surface area contributed by atoms with Gasteiger partial charge in [-0.1, -0.05) is 32.6 Å². The van der Waals surface area contributed by atoms with Crippen molar-refractivity contribution >= 4 is 0 Å². The van der Waals surface area contributed by atoms with Crippen LogP contribution in [0.3, 0.4) is 0 Å². The van der Waals surface area contributed by atoms with Gasteiger partial charge in [0.2, 0.25) is 0 Å². The van der Waals surface area contributed by atoms with E-state index in [4.69, 9.17) is 4.74 Å². The fourth-order valence-corrected chi connectivity index (χ4v) is 3.13. The van der Waals surface area contributed by atoms with Crippen LogP contribution in [0.1, 0.15) is 51.9 Å². The van der Waals surface area contributed by atoms with Crippen molar-refractivity contribution in [2.24, 2.45) is 11.8 Å². The molecule has 0 aromatic heterocycles. The highest BCUT2D eigenvalue weighted by Crippen LogP contribution is 2.37. The van der Waals surface area contributed by atoms with Crippen LogP contribution in [-0.2, 0) is 4.74 Å². The van der Waals surface area contributed by atoms with E-state index in [9.17, 15) is 0 Å². The highest BCUT2D eigenvalue weighted by atomic mass is 16.5. The van der Waals surface area contributed by atoms with Crippen LogP contribution in [0.25, 0.3) is 0 Å². The second-order valence-electron chi connectivity index (χ2n) is 6.00. The van der Waals surface area contributed by atoms with Crippen LogP contribution in [0, 0.1) is 11.8 Å². The number of ether oxygens (including phenoxy) is 1. The molecule has 2 heteroatoms. The van der Waals surface area contributed by atoms with Gasteiger partial charge in [0.05, 0.1) is 5.60 Å². The summed E-state index contributed by atoms with van der Waals surface area (Å²) in [5.41, 5.74) is 0.154. The number of hydrogen-bond donors (Lipinski definition) is 1. The minimum atomic E-state index is 0.154. The summed E-state index contributed by atoms with van der Waals surface area (Å²) in [5, 5.41) is 3.33. The Morgan fingerprint density at radius 1 is 1.31 bits per heavy atom. The maximum absolute atomic E-state index is 6.27. The van der Waals surface area contributed by atoms with Gasteiger partial charge >= 0.3 is 0 Å². The molecule has 2 nitrogen and oxygen atoms in total. The summed E-state index contributed by atoms with van der Waals surface area (Å²) >= 11 is 0. The summed E-state index contributed by atoms with van der Waals surface area (Å²) in [4.78, 5) is 0. The molecule has 0 spiro atoms. The summed E-state index contributed by atoms with van der Waals surface area (Å²) in [6, 6.07) is 0. The molecule has 0 saturated heterocycles. The van der Waals surface area contributed by atoms with Gasteiger partial charge in [-0.05, 0) is 38.1 Å². The molecule has 2 aliphatic rings. The minimum absolute atomic E-state index is 0.154. The molecule has 0 bridgehead atoms. The second-order valence-corrected chi connectivity index (χ2v) is 6.00. The highest BCUT2D eigenvalue weighted by molar-refractivity contribution is 4.89. The van der Waals surface area contributed by atoms with Crippen molar-refractivity contribution in [1.29, 1.82) is 0 Å². The summed E-state index contributed by atoms with van der Waals surface area (Å²) in [7, 11) is 2.05. The van der Waals surface area contributed by atoms with E-state index in [2.05, 4.69) is 12.2 Å². The van der Waals surface area contributed by atoms with Crippen molar-refractivity contribution in [2.45, 2.75) is 57.5 Å². The standard InChI is InChI=1S/C14H27NO/c1-12-4-3-8-14(10-12,11-15-2)16-9-7-13-5-6-13/h12-13,15H,3-11H2,1-2H3. The number of likely N-dealkylation sites (N-methyl/N-ethyl adjacent to an activating group) is 1. The Labute approximate surface area is 100 Å². The monoisotopic (exact) mass is 225 g/mol. The Kier molecular flexibility index (Phi) is 4.26. The maximum atomic E-state index is 6.27. The molecule has 94 valence electrons. The first-order valence-corrected chi connectivity index (χ1v) is 7.03. The lowest BCUT2D eigenvalue weighted by Gasteiger charge is -2.40. The molecule has 2 unspecified atom stereocenters. The van der Waals surface area contributed by atoms with Crippen molar-refractivity contribution in [1.82, 2.24) is 5.32 Å². The predicted molar refractivity (Wildman–Crippen MR) is 67.6 cm³/mol. The summed E-state index contributed by atoms with van der Waals surface area (Å²) < 4.78 is 6.27. The van der Waals surface area contributed by atoms with Crippen molar-refractivity contribution in [3.8, 4) is 0 Å². The van der Waals surface area contributed by atoms with E-state index in [1.54, 1.807) is 0 Å². The summed E-state index contributed by atoms with van der Waals surface area (Å²) in [6.45, 7) is 4.38. The van der Waals surface area contributed by atoms with Crippen LogP contribution in [0.5, 0.6) is 0 Å². The van der Waals surface area contributed by atoms with E-state index in [1.165, 1.54) is 44.9 Å². The third kappa shape index (κ3) is 3.46. The van der Waals surface area contributed by atoms with E-state index in [1.807, 2.05) is 7.05 Å². The van der Waals surface area contributed by atoms with Gasteiger partial charge in [-0.15, -0.1) is 0 Å². The molecule has 0 aromatic rings. The van der Waals surface area contributed by atoms with Crippen LogP contribution in [-0.4, -0.2) is 25.8 Å². The average Bonchev–Trinajstić information content (AvgIpc) is 3.02. The molecule has 1 N–H and O–H groups in total. The van der Waals surface area contributed by atoms with E-state index >= 15 is 0 Å². The lowest BCUT2D eigenvalue weighted by Crippen LogP contribution is -2.45. The molecule has 16 heavy (non-hydrogen) atoms. The molecule has 2 fully saturated rings. The zero-order valence-corrected chi connectivity index (χ0v) is 10.9. The molecule has 2 aliphatic carbocycles. The molecule has 2 rings (SSSR count). The fraction of sp³-hybridized carbons (Fsp3) is 1.00. The SMILES string of the molecule is CNCC1(OCCC2CC2)CCCC(C)C1. The van der Waals surface area contributed by atoms with Crippen LogP contribution in [0.2, 0.25) is 0 Å². The van der Waals surface area contributed by atoms with Gasteiger partial charge in [-0.2, -0.15) is 0 Å². The summed E-state index contributed by atoms with van der Waals surface area (Å²) in [6.07, 6.45) is 9.41. The largest absolute Gasteiger partial charge is 0.374 e. The number of hydrogen-bond acceptors (Lipinski definition) is 2. The van der Waals surface area contributed by atoms with Gasteiger partial charge < -0.3 is 10.1 Å². The van der Waals surface area contributed by atoms with E-state index in [0.717, 1.165) is 25.0 Å². The molecule has 0 amide bonds. The van der Waals surface area contributed by atoms with Crippen molar-refractivity contribution in [3.05, 3.63) is 0 Å². The highest BCUT2D eigenvalue weighted by Gasteiger charge is 2.35. The molecular weight excluding hydrogens is 198 g/mol. The molecule has 2 saturated carbocycles. The van der Waals surface area contributed by atoms with Crippen molar-refractivity contribution < 1.29 is 4.74 Å². The molecule has 0 heterocycles. The molecule has 0 aliphatic heterocycles. The Balaban J connectivity index is 1.80. The first kappa shape index (κ1) is 12.4. The molecule has 0 aromatic carbocycles. The zero-order chi connectivity index (χ0) is 11.4. The van der Waals surface area contributed by atoms with Crippen LogP contribution >= 0.6 is 0 Å². The van der Waals surface area contributed by atoms with Crippen LogP contribution in [0.4, 0.5) is 0 Å². The third-order valence-corrected chi connectivity index (χ3v) is 4.18. The Hall–Kier alpha value is -0.0800. The van der Waals surface area contributed by atoms with Crippen LogP contribution in [0.15, 0.2) is 0 Å². The Bertz CT molecular complexity index is 211. The number of nitrogens with one attached hydrogen (secondary N) is 1. The van der Waals surface area contributed by atoms with Gasteiger partial charge in [-0.25, -0.2) is 0 Å². The lowest BCUT2D eigenvalue weighted by molar-refractivity contribution is -0.0801. The Morgan fingerprint density at radius 3 is 2.75 bits per heavy atom. The second kappa shape index (κ2) is 5.50. The van der Waals surface area contributed by atoms with Gasteiger partial charge in [-0.3, -0.25) is 0 Å². The molecule has 0 radical (unpaired) electrons. The third-order valence-electron chi connectivity index (χ3n) is 4.18.